The minimum Gasteiger partial charge on any atom is -0.497 e. The number of aromatic nitrogens is 1. The van der Waals surface area contributed by atoms with E-state index in [9.17, 15) is 13.2 Å². The van der Waals surface area contributed by atoms with Gasteiger partial charge in [-0.15, -0.1) is 0 Å². The number of amides is 1. The van der Waals surface area contributed by atoms with E-state index in [2.05, 4.69) is 10.3 Å². The SMILES string of the molecule is COc1ccc(CN(Cc2ccc(OC)cc2OC)S(=O)(=O)c2cc(NC(=O)[C@@H]3CCCC[C@H]3OC3CCCCC3)ccn2)c(OC)c1. The number of carbonyl (C=O) groups excluding carboxylic acids is 1. The van der Waals surface area contributed by atoms with Gasteiger partial charge in [-0.1, -0.05) is 44.2 Å². The molecule has 12 heteroatoms. The normalized spacial score (nSPS) is 18.7. The van der Waals surface area contributed by atoms with Crippen LogP contribution in [0.1, 0.15) is 68.9 Å². The van der Waals surface area contributed by atoms with E-state index in [4.69, 9.17) is 23.7 Å². The molecule has 1 heterocycles. The minimum atomic E-state index is -4.22. The summed E-state index contributed by atoms with van der Waals surface area (Å²) in [4.78, 5) is 17.9. The number of ether oxygens (including phenoxy) is 5. The molecule has 0 radical (unpaired) electrons. The van der Waals surface area contributed by atoms with E-state index in [0.717, 1.165) is 51.4 Å². The molecule has 2 aliphatic carbocycles. The summed E-state index contributed by atoms with van der Waals surface area (Å²) in [6, 6.07) is 13.5. The van der Waals surface area contributed by atoms with Crippen LogP contribution in [0.25, 0.3) is 0 Å². The third kappa shape index (κ3) is 8.58. The van der Waals surface area contributed by atoms with Crippen LogP contribution in [0.5, 0.6) is 23.0 Å². The average molecular weight is 682 g/mol. The summed E-state index contributed by atoms with van der Waals surface area (Å²) in [6.07, 6.45) is 10.7. The summed E-state index contributed by atoms with van der Waals surface area (Å²) in [5, 5.41) is 2.79. The van der Waals surface area contributed by atoms with E-state index in [0.29, 0.717) is 39.8 Å². The highest BCUT2D eigenvalue weighted by Gasteiger charge is 2.34. The van der Waals surface area contributed by atoms with Gasteiger partial charge >= 0.3 is 0 Å². The number of anilines is 1. The summed E-state index contributed by atoms with van der Waals surface area (Å²) in [6.45, 7) is -0.0730. The van der Waals surface area contributed by atoms with Crippen LogP contribution in [0.4, 0.5) is 5.69 Å². The summed E-state index contributed by atoms with van der Waals surface area (Å²) < 4.78 is 58.5. The maximum atomic E-state index is 14.4. The molecule has 0 spiro atoms. The van der Waals surface area contributed by atoms with Crippen LogP contribution in [0.2, 0.25) is 0 Å². The molecule has 0 unspecified atom stereocenters. The Hall–Kier alpha value is -3.87. The number of hydrogen-bond donors (Lipinski definition) is 1. The molecule has 2 aliphatic rings. The van der Waals surface area contributed by atoms with Crippen molar-refractivity contribution in [1.82, 2.24) is 9.29 Å². The van der Waals surface area contributed by atoms with Crippen LogP contribution in [0.3, 0.4) is 0 Å². The lowest BCUT2D eigenvalue weighted by Crippen LogP contribution is -2.39. The molecule has 1 aromatic heterocycles. The van der Waals surface area contributed by atoms with E-state index < -0.39 is 10.0 Å². The van der Waals surface area contributed by atoms with Gasteiger partial charge in [-0.25, -0.2) is 13.4 Å². The number of nitrogens with one attached hydrogen (secondary N) is 1. The predicted molar refractivity (Wildman–Crippen MR) is 182 cm³/mol. The molecular weight excluding hydrogens is 634 g/mol. The smallest absolute Gasteiger partial charge is 0.261 e. The summed E-state index contributed by atoms with van der Waals surface area (Å²) >= 11 is 0. The zero-order chi connectivity index (χ0) is 34.1. The van der Waals surface area contributed by atoms with E-state index in [-0.39, 0.29) is 42.1 Å². The number of hydrogen-bond acceptors (Lipinski definition) is 9. The first-order valence-corrected chi connectivity index (χ1v) is 18.0. The highest BCUT2D eigenvalue weighted by molar-refractivity contribution is 7.89. The van der Waals surface area contributed by atoms with Gasteiger partial charge in [-0.3, -0.25) is 4.79 Å². The van der Waals surface area contributed by atoms with E-state index in [1.54, 1.807) is 56.7 Å². The molecule has 2 aromatic carbocycles. The van der Waals surface area contributed by atoms with Gasteiger partial charge in [0.2, 0.25) is 5.91 Å². The molecule has 0 bridgehead atoms. The number of sulfonamides is 1. The molecule has 5 rings (SSSR count). The fourth-order valence-electron chi connectivity index (χ4n) is 6.57. The van der Waals surface area contributed by atoms with Crippen LogP contribution < -0.4 is 24.3 Å². The molecule has 260 valence electrons. The molecular formula is C36H47N3O8S. The predicted octanol–water partition coefficient (Wildman–Crippen LogP) is 6.35. The highest BCUT2D eigenvalue weighted by Crippen LogP contribution is 2.34. The van der Waals surface area contributed by atoms with Crippen molar-refractivity contribution in [3.8, 4) is 23.0 Å². The van der Waals surface area contributed by atoms with Gasteiger partial charge in [0, 0.05) is 54.3 Å². The monoisotopic (exact) mass is 681 g/mol. The summed E-state index contributed by atoms with van der Waals surface area (Å²) in [7, 11) is 1.93. The van der Waals surface area contributed by atoms with Crippen LogP contribution >= 0.6 is 0 Å². The first-order valence-electron chi connectivity index (χ1n) is 16.6. The number of benzene rings is 2. The lowest BCUT2D eigenvalue weighted by atomic mass is 9.85. The molecule has 1 N–H and O–H groups in total. The quantitative estimate of drug-likeness (QED) is 0.207. The van der Waals surface area contributed by atoms with Crippen molar-refractivity contribution in [1.29, 1.82) is 0 Å². The first-order chi connectivity index (χ1) is 23.2. The molecule has 2 saturated carbocycles. The Morgan fingerprint density at radius 3 is 1.94 bits per heavy atom. The lowest BCUT2D eigenvalue weighted by molar-refractivity contribution is -0.131. The van der Waals surface area contributed by atoms with Gasteiger partial charge in [0.1, 0.15) is 23.0 Å². The second kappa shape index (κ2) is 16.5. The molecule has 0 saturated heterocycles. The van der Waals surface area contributed by atoms with Gasteiger partial charge in [0.05, 0.1) is 46.6 Å². The number of nitrogens with zero attached hydrogens (tertiary/aromatic N) is 2. The third-order valence-electron chi connectivity index (χ3n) is 9.25. The van der Waals surface area contributed by atoms with Gasteiger partial charge in [0.25, 0.3) is 10.0 Å². The standard InChI is InChI=1S/C36H47N3O8S/c1-43-29-16-14-25(33(21-29)45-3)23-39(24-26-15-17-30(44-2)22-34(26)46-4)48(41,42)35-20-27(18-19-37-35)38-36(40)31-12-8-9-13-32(31)47-28-10-6-5-7-11-28/h14-22,28,31-32H,5-13,23-24H2,1-4H3,(H,37,38,40)/t31-,32-/m1/s1. The first kappa shape index (κ1) is 35.4. The Kier molecular flexibility index (Phi) is 12.2. The number of pyridine rings is 1. The van der Waals surface area contributed by atoms with E-state index in [1.165, 1.54) is 37.2 Å². The van der Waals surface area contributed by atoms with Gasteiger partial charge in [-0.2, -0.15) is 4.31 Å². The van der Waals surface area contributed by atoms with Crippen molar-refractivity contribution in [3.05, 3.63) is 65.9 Å². The second-order valence-corrected chi connectivity index (χ2v) is 14.2. The molecule has 3 aromatic rings. The Morgan fingerprint density at radius 1 is 0.771 bits per heavy atom. The highest BCUT2D eigenvalue weighted by atomic mass is 32.2. The van der Waals surface area contributed by atoms with E-state index in [1.807, 2.05) is 0 Å². The van der Waals surface area contributed by atoms with Crippen molar-refractivity contribution in [2.24, 2.45) is 5.92 Å². The Morgan fingerprint density at radius 2 is 1.35 bits per heavy atom. The topological polar surface area (TPSA) is 126 Å². The molecule has 2 fully saturated rings. The van der Waals surface area contributed by atoms with Crippen molar-refractivity contribution in [3.63, 3.8) is 0 Å². The van der Waals surface area contributed by atoms with Gasteiger partial charge < -0.3 is 29.0 Å². The minimum absolute atomic E-state index is 0.0365. The molecule has 2 atom stereocenters. The number of carbonyl (C=O) groups is 1. The van der Waals surface area contributed by atoms with Crippen molar-refractivity contribution >= 4 is 21.6 Å². The van der Waals surface area contributed by atoms with Gasteiger partial charge in [-0.05, 0) is 43.9 Å². The Balaban J connectivity index is 1.41. The zero-order valence-corrected chi connectivity index (χ0v) is 29.1. The Labute approximate surface area is 283 Å². The fraction of sp³-hybridized carbons (Fsp3) is 0.500. The van der Waals surface area contributed by atoms with Gasteiger partial charge in [0.15, 0.2) is 5.03 Å². The summed E-state index contributed by atoms with van der Waals surface area (Å²) in [5.41, 5.74) is 1.61. The fourth-order valence-corrected chi connectivity index (χ4v) is 7.93. The Bertz CT molecular complexity index is 1590. The molecule has 0 aliphatic heterocycles. The van der Waals surface area contributed by atoms with Crippen LogP contribution in [0.15, 0.2) is 59.8 Å². The second-order valence-electron chi connectivity index (χ2n) is 12.3. The summed E-state index contributed by atoms with van der Waals surface area (Å²) in [5.74, 6) is 1.65. The molecule has 48 heavy (non-hydrogen) atoms. The maximum absolute atomic E-state index is 14.4. The largest absolute Gasteiger partial charge is 0.497 e. The average Bonchev–Trinajstić information content (AvgIpc) is 3.12. The lowest BCUT2D eigenvalue weighted by Gasteiger charge is -2.34. The number of methoxy groups -OCH3 is 4. The van der Waals surface area contributed by atoms with Crippen molar-refractivity contribution < 1.29 is 36.9 Å². The third-order valence-corrected chi connectivity index (χ3v) is 10.9. The van der Waals surface area contributed by atoms with E-state index >= 15 is 0 Å². The van der Waals surface area contributed by atoms with Crippen LogP contribution in [-0.4, -0.2) is 64.3 Å². The van der Waals surface area contributed by atoms with Crippen LogP contribution in [0, 0.1) is 5.92 Å². The van der Waals surface area contributed by atoms with Crippen molar-refractivity contribution in [2.75, 3.05) is 33.8 Å². The molecule has 1 amide bonds. The van der Waals surface area contributed by atoms with Crippen LogP contribution in [-0.2, 0) is 32.6 Å². The van der Waals surface area contributed by atoms with Crippen molar-refractivity contribution in [2.45, 2.75) is 88.1 Å². The number of rotatable bonds is 14. The zero-order valence-electron chi connectivity index (χ0n) is 28.3. The maximum Gasteiger partial charge on any atom is 0.261 e. The molecule has 11 nitrogen and oxygen atoms in total.